The molecule has 1 aliphatic rings. The van der Waals surface area contributed by atoms with Crippen molar-refractivity contribution in [3.05, 3.63) is 12.2 Å². The van der Waals surface area contributed by atoms with Crippen molar-refractivity contribution in [2.24, 2.45) is 5.92 Å². The van der Waals surface area contributed by atoms with E-state index in [-0.39, 0.29) is 24.3 Å². The fraction of sp³-hybridized carbons (Fsp3) is 0.692. The number of rotatable bonds is 7. The van der Waals surface area contributed by atoms with E-state index >= 15 is 0 Å². The molecule has 16 heavy (non-hydrogen) atoms. The minimum atomic E-state index is -0.383. The second-order valence-electron chi connectivity index (χ2n) is 4.25. The van der Waals surface area contributed by atoms with Crippen LogP contribution in [-0.4, -0.2) is 11.9 Å². The summed E-state index contributed by atoms with van der Waals surface area (Å²) >= 11 is 0. The second-order valence-corrected chi connectivity index (χ2v) is 4.25. The van der Waals surface area contributed by atoms with Gasteiger partial charge < -0.3 is 4.74 Å². The van der Waals surface area contributed by atoms with Crippen LogP contribution in [0.15, 0.2) is 12.2 Å². The van der Waals surface area contributed by atoms with Gasteiger partial charge in [-0.1, -0.05) is 38.3 Å². The average molecular weight is 224 g/mol. The summed E-state index contributed by atoms with van der Waals surface area (Å²) < 4.78 is 4.47. The molecule has 1 atom stereocenters. The largest absolute Gasteiger partial charge is 0.393 e. The van der Waals surface area contributed by atoms with E-state index < -0.39 is 0 Å². The molecular weight excluding hydrogens is 204 g/mol. The molecule has 0 saturated carbocycles. The number of unbranched alkanes of at least 4 members (excludes halogenated alkanes) is 4. The molecule has 0 spiro atoms. The van der Waals surface area contributed by atoms with Gasteiger partial charge in [-0.05, 0) is 19.3 Å². The zero-order chi connectivity index (χ0) is 11.8. The van der Waals surface area contributed by atoms with E-state index in [1.807, 2.05) is 6.08 Å². The molecule has 1 rings (SSSR count). The first kappa shape index (κ1) is 12.9. The summed E-state index contributed by atoms with van der Waals surface area (Å²) in [6.45, 7) is 2.19. The van der Waals surface area contributed by atoms with Crippen molar-refractivity contribution in [1.82, 2.24) is 0 Å². The van der Waals surface area contributed by atoms with Crippen molar-refractivity contribution in [1.29, 1.82) is 0 Å². The van der Waals surface area contributed by atoms with Gasteiger partial charge in [0.2, 0.25) is 0 Å². The highest BCUT2D eigenvalue weighted by molar-refractivity contribution is 5.94. The molecule has 0 radical (unpaired) electrons. The highest BCUT2D eigenvalue weighted by Gasteiger charge is 2.31. The van der Waals surface area contributed by atoms with Gasteiger partial charge in [0.25, 0.3) is 0 Å². The highest BCUT2D eigenvalue weighted by Crippen LogP contribution is 2.19. The first-order valence-corrected chi connectivity index (χ1v) is 6.13. The zero-order valence-corrected chi connectivity index (χ0v) is 9.91. The van der Waals surface area contributed by atoms with Crippen molar-refractivity contribution < 1.29 is 14.3 Å². The summed E-state index contributed by atoms with van der Waals surface area (Å²) in [4.78, 5) is 21.9. The monoisotopic (exact) mass is 224 g/mol. The van der Waals surface area contributed by atoms with Crippen molar-refractivity contribution in [3.63, 3.8) is 0 Å². The molecule has 0 aromatic heterocycles. The standard InChI is InChI=1S/C13H20O3/c1-2-3-4-5-6-7-8-9-11-10-12(14)16-13(11)15/h7-8,11H,2-6,9-10H2,1H3/b8-7+. The number of hydrogen-bond donors (Lipinski definition) is 0. The van der Waals surface area contributed by atoms with E-state index in [9.17, 15) is 9.59 Å². The van der Waals surface area contributed by atoms with Crippen molar-refractivity contribution in [2.45, 2.75) is 51.9 Å². The number of carbonyl (C=O) groups excluding carboxylic acids is 2. The third-order valence-corrected chi connectivity index (χ3v) is 2.77. The van der Waals surface area contributed by atoms with E-state index in [4.69, 9.17) is 0 Å². The van der Waals surface area contributed by atoms with Gasteiger partial charge in [0.1, 0.15) is 0 Å². The topological polar surface area (TPSA) is 43.4 Å². The predicted octanol–water partition coefficient (Wildman–Crippen LogP) is 2.99. The van der Waals surface area contributed by atoms with Crippen molar-refractivity contribution in [3.8, 4) is 0 Å². The third kappa shape index (κ3) is 4.60. The van der Waals surface area contributed by atoms with Crippen LogP contribution in [0.3, 0.4) is 0 Å². The molecular formula is C13H20O3. The Labute approximate surface area is 96.9 Å². The van der Waals surface area contributed by atoms with Crippen molar-refractivity contribution in [2.75, 3.05) is 0 Å². The van der Waals surface area contributed by atoms with Gasteiger partial charge in [-0.25, -0.2) is 0 Å². The van der Waals surface area contributed by atoms with Gasteiger partial charge in [-0.3, -0.25) is 9.59 Å². The Morgan fingerprint density at radius 3 is 2.69 bits per heavy atom. The third-order valence-electron chi connectivity index (χ3n) is 2.77. The Kier molecular flexibility index (Phi) is 5.83. The van der Waals surface area contributed by atoms with Crippen LogP contribution in [0.5, 0.6) is 0 Å². The van der Waals surface area contributed by atoms with Crippen LogP contribution >= 0.6 is 0 Å². The lowest BCUT2D eigenvalue weighted by atomic mass is 10.0. The van der Waals surface area contributed by atoms with Gasteiger partial charge >= 0.3 is 11.9 Å². The fourth-order valence-electron chi connectivity index (χ4n) is 1.77. The molecule has 0 N–H and O–H groups in total. The smallest absolute Gasteiger partial charge is 0.317 e. The molecule has 0 aliphatic carbocycles. The molecule has 1 aliphatic heterocycles. The summed E-state index contributed by atoms with van der Waals surface area (Å²) in [6, 6.07) is 0. The number of carbonyl (C=O) groups is 2. The Bertz CT molecular complexity index is 268. The number of ether oxygens (including phenoxy) is 1. The Morgan fingerprint density at radius 2 is 2.06 bits per heavy atom. The van der Waals surface area contributed by atoms with Crippen LogP contribution in [0.2, 0.25) is 0 Å². The maximum Gasteiger partial charge on any atom is 0.317 e. The molecule has 3 nitrogen and oxygen atoms in total. The molecule has 1 fully saturated rings. The summed E-state index contributed by atoms with van der Waals surface area (Å²) in [5.74, 6) is -0.980. The molecule has 1 heterocycles. The van der Waals surface area contributed by atoms with Gasteiger partial charge in [0.05, 0.1) is 12.3 Å². The SMILES string of the molecule is CCCCCC/C=C/CC1CC(=O)OC1=O. The molecule has 3 heteroatoms. The Morgan fingerprint density at radius 1 is 1.25 bits per heavy atom. The van der Waals surface area contributed by atoms with Gasteiger partial charge in [-0.2, -0.15) is 0 Å². The van der Waals surface area contributed by atoms with Crippen molar-refractivity contribution >= 4 is 11.9 Å². The van der Waals surface area contributed by atoms with Crippen LogP contribution in [0, 0.1) is 5.92 Å². The van der Waals surface area contributed by atoms with Crippen LogP contribution < -0.4 is 0 Å². The molecule has 0 amide bonds. The first-order chi connectivity index (χ1) is 7.74. The summed E-state index contributed by atoms with van der Waals surface area (Å²) in [6.07, 6.45) is 11.1. The first-order valence-electron chi connectivity index (χ1n) is 6.13. The van der Waals surface area contributed by atoms with Crippen LogP contribution in [-0.2, 0) is 14.3 Å². The number of hydrogen-bond acceptors (Lipinski definition) is 3. The van der Waals surface area contributed by atoms with E-state index in [0.29, 0.717) is 6.42 Å². The lowest BCUT2D eigenvalue weighted by Crippen LogP contribution is -2.05. The predicted molar refractivity (Wildman–Crippen MR) is 61.7 cm³/mol. The number of allylic oxidation sites excluding steroid dienone is 2. The van der Waals surface area contributed by atoms with Gasteiger partial charge in [0, 0.05) is 0 Å². The normalized spacial score (nSPS) is 20.7. The molecule has 90 valence electrons. The Balaban J connectivity index is 2.08. The maximum atomic E-state index is 11.1. The molecule has 0 bridgehead atoms. The van der Waals surface area contributed by atoms with Gasteiger partial charge in [-0.15, -0.1) is 0 Å². The van der Waals surface area contributed by atoms with E-state index in [0.717, 1.165) is 6.42 Å². The minimum Gasteiger partial charge on any atom is -0.393 e. The van der Waals surface area contributed by atoms with E-state index in [1.165, 1.54) is 25.7 Å². The quantitative estimate of drug-likeness (QED) is 0.289. The van der Waals surface area contributed by atoms with Crippen LogP contribution in [0.4, 0.5) is 0 Å². The second kappa shape index (κ2) is 7.20. The average Bonchev–Trinajstić information content (AvgIpc) is 2.56. The zero-order valence-electron chi connectivity index (χ0n) is 9.91. The van der Waals surface area contributed by atoms with Crippen LogP contribution in [0.1, 0.15) is 51.9 Å². The number of cyclic esters (lactones) is 2. The van der Waals surface area contributed by atoms with E-state index in [1.54, 1.807) is 0 Å². The molecule has 0 aromatic carbocycles. The van der Waals surface area contributed by atoms with Crippen LogP contribution in [0.25, 0.3) is 0 Å². The molecule has 1 saturated heterocycles. The summed E-state index contributed by atoms with van der Waals surface area (Å²) in [5, 5.41) is 0. The van der Waals surface area contributed by atoms with Gasteiger partial charge in [0.15, 0.2) is 0 Å². The highest BCUT2D eigenvalue weighted by atomic mass is 16.6. The maximum absolute atomic E-state index is 11.1. The lowest BCUT2D eigenvalue weighted by Gasteiger charge is -1.98. The van der Waals surface area contributed by atoms with E-state index in [2.05, 4.69) is 17.7 Å². The summed E-state index contributed by atoms with van der Waals surface area (Å²) in [7, 11) is 0. The Hall–Kier alpha value is -1.12. The molecule has 1 unspecified atom stereocenters. The minimum absolute atomic E-state index is 0.237. The summed E-state index contributed by atoms with van der Waals surface area (Å²) in [5.41, 5.74) is 0. The lowest BCUT2D eigenvalue weighted by molar-refractivity contribution is -0.153. The number of esters is 2. The molecule has 0 aromatic rings. The fourth-order valence-corrected chi connectivity index (χ4v) is 1.77.